The molecular weight excluding hydrogens is 337 g/mol. The van der Waals surface area contributed by atoms with Gasteiger partial charge in [0.15, 0.2) is 0 Å². The van der Waals surface area contributed by atoms with Gasteiger partial charge in [0.2, 0.25) is 0 Å². The number of aromatic amines is 1. The molecule has 2 rings (SSSR count). The van der Waals surface area contributed by atoms with Crippen LogP contribution in [0.5, 0.6) is 0 Å². The first-order valence-corrected chi connectivity index (χ1v) is 7.34. The molecule has 2 N–H and O–H groups in total. The van der Waals surface area contributed by atoms with E-state index in [1.807, 2.05) is 20.8 Å². The van der Waals surface area contributed by atoms with E-state index in [9.17, 15) is 9.18 Å². The number of nitrogens with zero attached hydrogens (tertiary/aromatic N) is 1. The first kappa shape index (κ1) is 15.9. The molecule has 0 saturated carbocycles. The maximum absolute atomic E-state index is 13.4. The van der Waals surface area contributed by atoms with E-state index in [2.05, 4.69) is 31.2 Å². The summed E-state index contributed by atoms with van der Waals surface area (Å²) in [4.78, 5) is 18.8. The van der Waals surface area contributed by atoms with Crippen molar-refractivity contribution in [2.75, 3.05) is 0 Å². The van der Waals surface area contributed by atoms with E-state index in [0.29, 0.717) is 28.1 Å². The smallest absolute Gasteiger partial charge is 0.251 e. The number of halogens is 2. The van der Waals surface area contributed by atoms with Crippen molar-refractivity contribution in [1.29, 1.82) is 0 Å². The molecule has 0 amide bonds. The lowest BCUT2D eigenvalue weighted by atomic mass is 10.1. The van der Waals surface area contributed by atoms with Crippen molar-refractivity contribution >= 4 is 15.9 Å². The van der Waals surface area contributed by atoms with Gasteiger partial charge in [0.1, 0.15) is 11.6 Å². The predicted octanol–water partition coefficient (Wildman–Crippen LogP) is 3.23. The zero-order valence-electron chi connectivity index (χ0n) is 12.1. The van der Waals surface area contributed by atoms with E-state index in [1.165, 1.54) is 18.2 Å². The summed E-state index contributed by atoms with van der Waals surface area (Å²) in [6.45, 7) is 6.56. The van der Waals surface area contributed by atoms with Gasteiger partial charge in [-0.3, -0.25) is 4.79 Å². The fraction of sp³-hybridized carbons (Fsp3) is 0.333. The predicted molar refractivity (Wildman–Crippen MR) is 84.5 cm³/mol. The summed E-state index contributed by atoms with van der Waals surface area (Å²) < 4.78 is 14.1. The third kappa shape index (κ3) is 4.47. The van der Waals surface area contributed by atoms with Crippen molar-refractivity contribution in [2.45, 2.75) is 32.9 Å². The van der Waals surface area contributed by atoms with Crippen molar-refractivity contribution in [3.05, 3.63) is 50.6 Å². The van der Waals surface area contributed by atoms with Crippen LogP contribution >= 0.6 is 15.9 Å². The maximum atomic E-state index is 13.4. The fourth-order valence-corrected chi connectivity index (χ4v) is 2.20. The molecule has 21 heavy (non-hydrogen) atoms. The Morgan fingerprint density at radius 1 is 1.33 bits per heavy atom. The van der Waals surface area contributed by atoms with Crippen molar-refractivity contribution < 1.29 is 4.39 Å². The molecule has 0 radical (unpaired) electrons. The van der Waals surface area contributed by atoms with Crippen LogP contribution in [0.2, 0.25) is 0 Å². The highest BCUT2D eigenvalue weighted by atomic mass is 79.9. The van der Waals surface area contributed by atoms with Crippen LogP contribution in [0.3, 0.4) is 0 Å². The molecule has 0 aliphatic heterocycles. The van der Waals surface area contributed by atoms with Gasteiger partial charge in [-0.1, -0.05) is 15.9 Å². The summed E-state index contributed by atoms with van der Waals surface area (Å²) in [5.41, 5.74) is 0.788. The molecule has 0 spiro atoms. The summed E-state index contributed by atoms with van der Waals surface area (Å²) in [7, 11) is 0. The Morgan fingerprint density at radius 2 is 2.05 bits per heavy atom. The van der Waals surface area contributed by atoms with Gasteiger partial charge in [0.25, 0.3) is 5.56 Å². The lowest BCUT2D eigenvalue weighted by Crippen LogP contribution is -2.35. The first-order valence-electron chi connectivity index (χ1n) is 6.55. The van der Waals surface area contributed by atoms with Crippen LogP contribution in [0, 0.1) is 5.82 Å². The molecule has 112 valence electrons. The van der Waals surface area contributed by atoms with Gasteiger partial charge in [-0.2, -0.15) is 0 Å². The summed E-state index contributed by atoms with van der Waals surface area (Å²) in [5, 5.41) is 3.27. The molecule has 0 unspecified atom stereocenters. The highest BCUT2D eigenvalue weighted by Gasteiger charge is 2.12. The average molecular weight is 354 g/mol. The number of H-pyrrole nitrogens is 1. The molecule has 0 aliphatic rings. The van der Waals surface area contributed by atoms with E-state index in [1.54, 1.807) is 6.07 Å². The van der Waals surface area contributed by atoms with E-state index >= 15 is 0 Å². The third-order valence-electron chi connectivity index (χ3n) is 2.78. The van der Waals surface area contributed by atoms with Crippen LogP contribution in [0.25, 0.3) is 11.4 Å². The minimum atomic E-state index is -0.380. The normalized spacial score (nSPS) is 11.7. The molecule has 6 heteroatoms. The molecule has 1 heterocycles. The molecule has 0 fully saturated rings. The Kier molecular flexibility index (Phi) is 4.58. The fourth-order valence-electron chi connectivity index (χ4n) is 1.76. The second-order valence-corrected chi connectivity index (χ2v) is 6.67. The Balaban J connectivity index is 2.39. The average Bonchev–Trinajstić information content (AvgIpc) is 2.38. The Bertz CT molecular complexity index is 707. The van der Waals surface area contributed by atoms with Gasteiger partial charge < -0.3 is 10.3 Å². The maximum Gasteiger partial charge on any atom is 0.251 e. The summed E-state index contributed by atoms with van der Waals surface area (Å²) in [5.74, 6) is -0.0337. The van der Waals surface area contributed by atoms with E-state index in [-0.39, 0.29) is 16.9 Å². The quantitative estimate of drug-likeness (QED) is 0.890. The van der Waals surface area contributed by atoms with Gasteiger partial charge in [-0.25, -0.2) is 9.37 Å². The molecule has 2 aromatic rings. The molecule has 1 aromatic heterocycles. The standard InChI is InChI=1S/C15H17BrFN3O/c1-15(2,3)18-8-10-7-13(21)20-14(19-10)11-6-9(17)4-5-12(11)16/h4-7,18H,8H2,1-3H3,(H,19,20,21). The van der Waals surface area contributed by atoms with Gasteiger partial charge in [-0.15, -0.1) is 0 Å². The molecular formula is C15H17BrFN3O. The van der Waals surface area contributed by atoms with Crippen LogP contribution < -0.4 is 10.9 Å². The number of hydrogen-bond acceptors (Lipinski definition) is 3. The van der Waals surface area contributed by atoms with Crippen LogP contribution in [0.4, 0.5) is 4.39 Å². The molecule has 1 aromatic carbocycles. The number of rotatable bonds is 3. The van der Waals surface area contributed by atoms with Gasteiger partial charge in [-0.05, 0) is 39.0 Å². The van der Waals surface area contributed by atoms with E-state index in [0.717, 1.165) is 0 Å². The Hall–Kier alpha value is -1.53. The van der Waals surface area contributed by atoms with Gasteiger partial charge >= 0.3 is 0 Å². The number of aromatic nitrogens is 2. The molecule has 0 saturated heterocycles. The second-order valence-electron chi connectivity index (χ2n) is 5.81. The van der Waals surface area contributed by atoms with Gasteiger partial charge in [0, 0.05) is 28.2 Å². The summed E-state index contributed by atoms with van der Waals surface area (Å²) in [6, 6.07) is 5.71. The Morgan fingerprint density at radius 3 is 2.71 bits per heavy atom. The summed E-state index contributed by atoms with van der Waals surface area (Å²) >= 11 is 3.34. The zero-order valence-corrected chi connectivity index (χ0v) is 13.7. The Labute approximate surface area is 130 Å². The van der Waals surface area contributed by atoms with Crippen LogP contribution in [0.1, 0.15) is 26.5 Å². The topological polar surface area (TPSA) is 57.8 Å². The first-order chi connectivity index (χ1) is 9.74. The molecule has 0 bridgehead atoms. The van der Waals surface area contributed by atoms with Gasteiger partial charge in [0.05, 0.1) is 5.69 Å². The lowest BCUT2D eigenvalue weighted by molar-refractivity contribution is 0.421. The monoisotopic (exact) mass is 353 g/mol. The SMILES string of the molecule is CC(C)(C)NCc1cc(=O)[nH]c(-c2cc(F)ccc2Br)n1. The van der Waals surface area contributed by atoms with Crippen molar-refractivity contribution in [1.82, 2.24) is 15.3 Å². The highest BCUT2D eigenvalue weighted by Crippen LogP contribution is 2.25. The lowest BCUT2D eigenvalue weighted by Gasteiger charge is -2.20. The zero-order chi connectivity index (χ0) is 15.6. The van der Waals surface area contributed by atoms with Crippen LogP contribution in [0.15, 0.2) is 33.5 Å². The highest BCUT2D eigenvalue weighted by molar-refractivity contribution is 9.10. The van der Waals surface area contributed by atoms with Crippen molar-refractivity contribution in [3.63, 3.8) is 0 Å². The van der Waals surface area contributed by atoms with Crippen LogP contribution in [-0.4, -0.2) is 15.5 Å². The largest absolute Gasteiger partial charge is 0.306 e. The van der Waals surface area contributed by atoms with Crippen molar-refractivity contribution in [3.8, 4) is 11.4 Å². The van der Waals surface area contributed by atoms with Crippen molar-refractivity contribution in [2.24, 2.45) is 0 Å². The number of benzene rings is 1. The minimum Gasteiger partial charge on any atom is -0.306 e. The molecule has 0 atom stereocenters. The van der Waals surface area contributed by atoms with E-state index in [4.69, 9.17) is 0 Å². The summed E-state index contributed by atoms with van der Waals surface area (Å²) in [6.07, 6.45) is 0. The second kappa shape index (κ2) is 6.07. The van der Waals surface area contributed by atoms with E-state index < -0.39 is 0 Å². The van der Waals surface area contributed by atoms with Crippen LogP contribution in [-0.2, 0) is 6.54 Å². The third-order valence-corrected chi connectivity index (χ3v) is 3.47. The molecule has 4 nitrogen and oxygen atoms in total. The molecule has 0 aliphatic carbocycles. The number of hydrogen-bond donors (Lipinski definition) is 2. The number of nitrogens with one attached hydrogen (secondary N) is 2. The minimum absolute atomic E-state index is 0.0795.